The molecule has 1 spiro atoms. The van der Waals surface area contributed by atoms with Crippen LogP contribution in [-0.2, 0) is 17.6 Å². The van der Waals surface area contributed by atoms with Crippen LogP contribution < -0.4 is 5.32 Å². The summed E-state index contributed by atoms with van der Waals surface area (Å²) in [6.07, 6.45) is 2.52. The van der Waals surface area contributed by atoms with E-state index in [4.69, 9.17) is 4.74 Å². The molecule has 1 saturated heterocycles. The Hall–Kier alpha value is -1.51. The van der Waals surface area contributed by atoms with Crippen molar-refractivity contribution in [3.05, 3.63) is 35.4 Å². The molecule has 2 aliphatic rings. The van der Waals surface area contributed by atoms with E-state index in [9.17, 15) is 4.79 Å². The van der Waals surface area contributed by atoms with Crippen molar-refractivity contribution in [2.75, 3.05) is 6.54 Å². The minimum Gasteiger partial charge on any atom is -0.441 e. The zero-order valence-electron chi connectivity index (χ0n) is 8.45. The molecule has 0 aromatic heterocycles. The number of hydrogen-bond donors (Lipinski definition) is 1. The Kier molecular flexibility index (Phi) is 1.75. The van der Waals surface area contributed by atoms with Gasteiger partial charge in [0.05, 0.1) is 6.54 Å². The van der Waals surface area contributed by atoms with E-state index in [2.05, 4.69) is 23.5 Å². The number of fused-ring (bicyclic) bond motifs is 1. The highest BCUT2D eigenvalue weighted by atomic mass is 16.6. The van der Waals surface area contributed by atoms with Crippen LogP contribution in [0.3, 0.4) is 0 Å². The molecule has 3 heteroatoms. The van der Waals surface area contributed by atoms with Gasteiger partial charge >= 0.3 is 6.09 Å². The van der Waals surface area contributed by atoms with Gasteiger partial charge in [-0.25, -0.2) is 4.79 Å². The number of benzene rings is 1. The summed E-state index contributed by atoms with van der Waals surface area (Å²) in [4.78, 5) is 11.1. The van der Waals surface area contributed by atoms with Crippen molar-refractivity contribution >= 4 is 6.09 Å². The van der Waals surface area contributed by atoms with Crippen molar-refractivity contribution in [2.45, 2.75) is 24.9 Å². The van der Waals surface area contributed by atoms with Crippen LogP contribution in [0.25, 0.3) is 0 Å². The van der Waals surface area contributed by atoms with Gasteiger partial charge in [-0.3, -0.25) is 0 Å². The molecule has 15 heavy (non-hydrogen) atoms. The van der Waals surface area contributed by atoms with E-state index in [0.29, 0.717) is 6.54 Å². The molecule has 0 saturated carbocycles. The summed E-state index contributed by atoms with van der Waals surface area (Å²) in [6.45, 7) is 0.653. The lowest BCUT2D eigenvalue weighted by molar-refractivity contribution is 0.0455. The number of nitrogens with one attached hydrogen (secondary N) is 1. The van der Waals surface area contributed by atoms with Gasteiger partial charge in [0, 0.05) is 6.42 Å². The molecule has 1 aliphatic carbocycles. The summed E-state index contributed by atoms with van der Waals surface area (Å²) < 4.78 is 5.40. The van der Waals surface area contributed by atoms with E-state index in [1.165, 1.54) is 11.1 Å². The minimum atomic E-state index is -0.272. The highest BCUT2D eigenvalue weighted by Crippen LogP contribution is 2.33. The van der Waals surface area contributed by atoms with Gasteiger partial charge < -0.3 is 10.1 Å². The van der Waals surface area contributed by atoms with Crippen LogP contribution in [-0.4, -0.2) is 18.2 Å². The molecule has 0 bridgehead atoms. The number of hydrogen-bond acceptors (Lipinski definition) is 2. The second kappa shape index (κ2) is 2.99. The van der Waals surface area contributed by atoms with Crippen molar-refractivity contribution in [2.24, 2.45) is 0 Å². The van der Waals surface area contributed by atoms with Crippen molar-refractivity contribution in [1.82, 2.24) is 5.32 Å². The third-order valence-corrected chi connectivity index (χ3v) is 3.35. The summed E-state index contributed by atoms with van der Waals surface area (Å²) in [6, 6.07) is 8.40. The molecule has 1 N–H and O–H groups in total. The summed E-state index contributed by atoms with van der Waals surface area (Å²) in [5.41, 5.74) is 2.44. The van der Waals surface area contributed by atoms with E-state index in [1.807, 2.05) is 6.07 Å². The average molecular weight is 203 g/mol. The van der Waals surface area contributed by atoms with Gasteiger partial charge in [-0.15, -0.1) is 0 Å². The Bertz CT molecular complexity index is 416. The fourth-order valence-electron chi connectivity index (χ4n) is 2.51. The van der Waals surface area contributed by atoms with Gasteiger partial charge in [0.1, 0.15) is 5.60 Å². The van der Waals surface area contributed by atoms with Gasteiger partial charge in [-0.2, -0.15) is 0 Å². The molecule has 1 fully saturated rings. The largest absolute Gasteiger partial charge is 0.441 e. The molecule has 3 rings (SSSR count). The molecule has 1 aliphatic heterocycles. The lowest BCUT2D eigenvalue weighted by Gasteiger charge is -2.31. The SMILES string of the molecule is O=C1NCC2(CCc3ccccc3C2)O1. The molecule has 1 amide bonds. The lowest BCUT2D eigenvalue weighted by atomic mass is 9.80. The maximum atomic E-state index is 11.1. The Morgan fingerprint density at radius 1 is 1.27 bits per heavy atom. The number of rotatable bonds is 0. The molecule has 1 aromatic carbocycles. The van der Waals surface area contributed by atoms with Gasteiger partial charge in [0.2, 0.25) is 0 Å². The zero-order chi connectivity index (χ0) is 10.3. The quantitative estimate of drug-likeness (QED) is 0.696. The van der Waals surface area contributed by atoms with Crippen LogP contribution in [0.1, 0.15) is 17.5 Å². The fourth-order valence-corrected chi connectivity index (χ4v) is 2.51. The summed E-state index contributed by atoms with van der Waals surface area (Å²) in [5, 5.41) is 2.75. The highest BCUT2D eigenvalue weighted by Gasteiger charge is 2.42. The second-order valence-corrected chi connectivity index (χ2v) is 4.37. The number of alkyl carbamates (subject to hydrolysis) is 1. The molecular formula is C12H13NO2. The minimum absolute atomic E-state index is 0.269. The van der Waals surface area contributed by atoms with E-state index in [1.54, 1.807) is 0 Å². The average Bonchev–Trinajstić information content (AvgIpc) is 2.60. The van der Waals surface area contributed by atoms with Crippen molar-refractivity contribution in [3.63, 3.8) is 0 Å². The fraction of sp³-hybridized carbons (Fsp3) is 0.417. The molecule has 1 unspecified atom stereocenters. The van der Waals surface area contributed by atoms with Crippen LogP contribution in [0.5, 0.6) is 0 Å². The number of aryl methyl sites for hydroxylation is 1. The maximum absolute atomic E-state index is 11.1. The first-order valence-electron chi connectivity index (χ1n) is 5.31. The normalized spacial score (nSPS) is 28.4. The smallest absolute Gasteiger partial charge is 0.407 e. The van der Waals surface area contributed by atoms with E-state index < -0.39 is 0 Å². The Morgan fingerprint density at radius 2 is 2.07 bits per heavy atom. The molecule has 1 atom stereocenters. The molecule has 1 aromatic rings. The van der Waals surface area contributed by atoms with Crippen molar-refractivity contribution < 1.29 is 9.53 Å². The number of carbonyl (C=O) groups excluding carboxylic acids is 1. The molecule has 3 nitrogen and oxygen atoms in total. The second-order valence-electron chi connectivity index (χ2n) is 4.37. The molecule has 78 valence electrons. The van der Waals surface area contributed by atoms with Crippen LogP contribution in [0.2, 0.25) is 0 Å². The summed E-state index contributed by atoms with van der Waals surface area (Å²) >= 11 is 0. The van der Waals surface area contributed by atoms with Crippen LogP contribution >= 0.6 is 0 Å². The number of carbonyl (C=O) groups is 1. The highest BCUT2D eigenvalue weighted by molar-refractivity contribution is 5.70. The van der Waals surface area contributed by atoms with E-state index in [-0.39, 0.29) is 11.7 Å². The summed E-state index contributed by atoms with van der Waals surface area (Å²) in [7, 11) is 0. The van der Waals surface area contributed by atoms with Gasteiger partial charge in [0.15, 0.2) is 0 Å². The number of ether oxygens (including phenoxy) is 1. The van der Waals surface area contributed by atoms with Crippen molar-refractivity contribution in [3.8, 4) is 0 Å². The topological polar surface area (TPSA) is 38.3 Å². The Morgan fingerprint density at radius 3 is 2.80 bits per heavy atom. The van der Waals surface area contributed by atoms with Gasteiger partial charge in [-0.05, 0) is 24.0 Å². The Labute approximate surface area is 88.4 Å². The van der Waals surface area contributed by atoms with Gasteiger partial charge in [0.25, 0.3) is 0 Å². The Balaban J connectivity index is 1.92. The predicted molar refractivity (Wildman–Crippen MR) is 55.7 cm³/mol. The van der Waals surface area contributed by atoms with E-state index in [0.717, 1.165) is 19.3 Å². The standard InChI is InChI=1S/C12H13NO2/c14-11-13-8-12(15-11)6-5-9-3-1-2-4-10(9)7-12/h1-4H,5-8H2,(H,13,14). The van der Waals surface area contributed by atoms with E-state index >= 15 is 0 Å². The molecular weight excluding hydrogens is 190 g/mol. The lowest BCUT2D eigenvalue weighted by Crippen LogP contribution is -2.39. The van der Waals surface area contributed by atoms with Gasteiger partial charge in [-0.1, -0.05) is 24.3 Å². The summed E-state index contributed by atoms with van der Waals surface area (Å²) in [5.74, 6) is 0. The van der Waals surface area contributed by atoms with Crippen LogP contribution in [0, 0.1) is 0 Å². The third-order valence-electron chi connectivity index (χ3n) is 3.35. The molecule has 0 radical (unpaired) electrons. The first kappa shape index (κ1) is 8.77. The third kappa shape index (κ3) is 1.39. The zero-order valence-corrected chi connectivity index (χ0v) is 8.45. The first-order chi connectivity index (χ1) is 7.27. The maximum Gasteiger partial charge on any atom is 0.407 e. The number of amides is 1. The van der Waals surface area contributed by atoms with Crippen LogP contribution in [0.15, 0.2) is 24.3 Å². The first-order valence-corrected chi connectivity index (χ1v) is 5.31. The van der Waals surface area contributed by atoms with Crippen LogP contribution in [0.4, 0.5) is 4.79 Å². The monoisotopic (exact) mass is 203 g/mol. The predicted octanol–water partition coefficient (Wildman–Crippen LogP) is 1.65. The molecule has 1 heterocycles. The van der Waals surface area contributed by atoms with Crippen molar-refractivity contribution in [1.29, 1.82) is 0 Å².